The van der Waals surface area contributed by atoms with Crippen molar-refractivity contribution in [1.29, 1.82) is 0 Å². The van der Waals surface area contributed by atoms with E-state index < -0.39 is 0 Å². The molecule has 13 heavy (non-hydrogen) atoms. The lowest BCUT2D eigenvalue weighted by Gasteiger charge is -2.21. The fraction of sp³-hybridized carbons (Fsp3) is 1.00. The van der Waals surface area contributed by atoms with E-state index in [1.165, 1.54) is 32.4 Å². The molecule has 1 unspecified atom stereocenters. The van der Waals surface area contributed by atoms with Crippen LogP contribution in [0.25, 0.3) is 0 Å². The highest BCUT2D eigenvalue weighted by atomic mass is 15.2. The second-order valence-electron chi connectivity index (χ2n) is 4.48. The average molecular weight is 184 g/mol. The summed E-state index contributed by atoms with van der Waals surface area (Å²) in [5.74, 6) is 0.789. The van der Waals surface area contributed by atoms with Gasteiger partial charge in [-0.3, -0.25) is 0 Å². The Kier molecular flexibility index (Phi) is 4.74. The molecular formula is C11H24N2. The predicted molar refractivity (Wildman–Crippen MR) is 58.0 cm³/mol. The van der Waals surface area contributed by atoms with Gasteiger partial charge in [-0.25, -0.2) is 0 Å². The molecule has 1 aliphatic rings. The second-order valence-corrected chi connectivity index (χ2v) is 4.48. The van der Waals surface area contributed by atoms with Crippen molar-refractivity contribution in [2.24, 2.45) is 5.92 Å². The number of hydrogen-bond acceptors (Lipinski definition) is 2. The van der Waals surface area contributed by atoms with E-state index in [4.69, 9.17) is 0 Å². The van der Waals surface area contributed by atoms with Gasteiger partial charge in [-0.15, -0.1) is 0 Å². The molecule has 78 valence electrons. The Morgan fingerprint density at radius 2 is 2.15 bits per heavy atom. The van der Waals surface area contributed by atoms with Crippen LogP contribution in [0.2, 0.25) is 0 Å². The third-order valence-electron chi connectivity index (χ3n) is 2.69. The maximum atomic E-state index is 3.47. The first-order valence-electron chi connectivity index (χ1n) is 5.65. The van der Waals surface area contributed by atoms with E-state index in [0.29, 0.717) is 0 Å². The van der Waals surface area contributed by atoms with Crippen molar-refractivity contribution in [1.82, 2.24) is 10.2 Å². The minimum atomic E-state index is 0.789. The van der Waals surface area contributed by atoms with E-state index in [1.807, 2.05) is 0 Å². The molecule has 0 aliphatic heterocycles. The summed E-state index contributed by atoms with van der Waals surface area (Å²) < 4.78 is 0. The Hall–Kier alpha value is -0.0800. The minimum absolute atomic E-state index is 0.789. The highest BCUT2D eigenvalue weighted by molar-refractivity contribution is 4.83. The fourth-order valence-corrected chi connectivity index (χ4v) is 1.75. The van der Waals surface area contributed by atoms with Gasteiger partial charge in [-0.2, -0.15) is 0 Å². The van der Waals surface area contributed by atoms with E-state index in [-0.39, 0.29) is 0 Å². The van der Waals surface area contributed by atoms with Crippen LogP contribution < -0.4 is 5.32 Å². The first-order chi connectivity index (χ1) is 6.24. The third kappa shape index (κ3) is 4.63. The summed E-state index contributed by atoms with van der Waals surface area (Å²) in [6.45, 7) is 8.14. The van der Waals surface area contributed by atoms with Crippen LogP contribution in [-0.4, -0.2) is 37.6 Å². The molecule has 0 saturated heterocycles. The summed E-state index contributed by atoms with van der Waals surface area (Å²) in [4.78, 5) is 2.51. The van der Waals surface area contributed by atoms with Crippen molar-refractivity contribution in [3.63, 3.8) is 0 Å². The normalized spacial score (nSPS) is 19.4. The van der Waals surface area contributed by atoms with E-state index in [2.05, 4.69) is 31.1 Å². The van der Waals surface area contributed by atoms with Gasteiger partial charge in [0.05, 0.1) is 0 Å². The lowest BCUT2D eigenvalue weighted by Crippen LogP contribution is -2.32. The van der Waals surface area contributed by atoms with Crippen LogP contribution in [0.1, 0.15) is 33.1 Å². The average Bonchev–Trinajstić information content (AvgIpc) is 2.86. The number of hydrogen-bond donors (Lipinski definition) is 1. The van der Waals surface area contributed by atoms with Crippen molar-refractivity contribution in [2.75, 3.05) is 26.7 Å². The van der Waals surface area contributed by atoms with Gasteiger partial charge in [0.15, 0.2) is 0 Å². The van der Waals surface area contributed by atoms with Crippen LogP contribution in [-0.2, 0) is 0 Å². The van der Waals surface area contributed by atoms with Gasteiger partial charge in [0.2, 0.25) is 0 Å². The predicted octanol–water partition coefficient (Wildman–Crippen LogP) is 1.72. The van der Waals surface area contributed by atoms with Crippen LogP contribution >= 0.6 is 0 Å². The molecule has 0 spiro atoms. The summed E-state index contributed by atoms with van der Waals surface area (Å²) in [6.07, 6.45) is 4.09. The van der Waals surface area contributed by atoms with Crippen molar-refractivity contribution in [2.45, 2.75) is 39.2 Å². The summed E-state index contributed by atoms with van der Waals surface area (Å²) in [7, 11) is 2.26. The Balaban J connectivity index is 1.98. The quantitative estimate of drug-likeness (QED) is 0.606. The van der Waals surface area contributed by atoms with E-state index in [9.17, 15) is 0 Å². The van der Waals surface area contributed by atoms with Crippen LogP contribution in [0, 0.1) is 5.92 Å². The highest BCUT2D eigenvalue weighted by Crippen LogP contribution is 2.25. The molecule has 2 heteroatoms. The summed E-state index contributed by atoms with van der Waals surface area (Å²) in [5.41, 5.74) is 0. The maximum Gasteiger partial charge on any atom is 0.00934 e. The zero-order valence-electron chi connectivity index (χ0n) is 9.34. The molecule has 0 bridgehead atoms. The second kappa shape index (κ2) is 5.61. The number of nitrogens with one attached hydrogen (secondary N) is 1. The van der Waals surface area contributed by atoms with Crippen molar-refractivity contribution < 1.29 is 0 Å². The lowest BCUT2D eigenvalue weighted by molar-refractivity contribution is 0.272. The molecule has 0 heterocycles. The maximum absolute atomic E-state index is 3.47. The van der Waals surface area contributed by atoms with E-state index in [0.717, 1.165) is 18.5 Å². The van der Waals surface area contributed by atoms with Crippen LogP contribution in [0.4, 0.5) is 0 Å². The zero-order valence-corrected chi connectivity index (χ0v) is 9.34. The Morgan fingerprint density at radius 3 is 2.69 bits per heavy atom. The molecule has 0 aromatic carbocycles. The van der Waals surface area contributed by atoms with Gasteiger partial charge < -0.3 is 10.2 Å². The molecule has 1 rings (SSSR count). The molecule has 0 aromatic heterocycles. The Labute approximate surface area is 82.7 Å². The molecule has 1 saturated carbocycles. The van der Waals surface area contributed by atoms with Crippen molar-refractivity contribution in [3.8, 4) is 0 Å². The van der Waals surface area contributed by atoms with Gasteiger partial charge in [-0.05, 0) is 45.3 Å². The molecule has 1 atom stereocenters. The number of nitrogens with zero attached hydrogens (tertiary/aromatic N) is 1. The monoisotopic (exact) mass is 184 g/mol. The Bertz CT molecular complexity index is 132. The first-order valence-corrected chi connectivity index (χ1v) is 5.65. The SMILES string of the molecule is CCCNCC(C)CN(C)C1CC1. The fourth-order valence-electron chi connectivity index (χ4n) is 1.75. The molecule has 1 aliphatic carbocycles. The standard InChI is InChI=1S/C11H24N2/c1-4-7-12-8-10(2)9-13(3)11-5-6-11/h10-12H,4-9H2,1-3H3. The largest absolute Gasteiger partial charge is 0.316 e. The molecule has 1 fully saturated rings. The number of rotatable bonds is 7. The molecule has 2 nitrogen and oxygen atoms in total. The minimum Gasteiger partial charge on any atom is -0.316 e. The zero-order chi connectivity index (χ0) is 9.68. The van der Waals surface area contributed by atoms with Crippen LogP contribution in [0.5, 0.6) is 0 Å². The smallest absolute Gasteiger partial charge is 0.00934 e. The van der Waals surface area contributed by atoms with Crippen molar-refractivity contribution >= 4 is 0 Å². The van der Waals surface area contributed by atoms with Gasteiger partial charge >= 0.3 is 0 Å². The molecule has 0 aromatic rings. The molecule has 1 N–H and O–H groups in total. The lowest BCUT2D eigenvalue weighted by atomic mass is 10.1. The first kappa shape index (κ1) is 11.0. The summed E-state index contributed by atoms with van der Waals surface area (Å²) in [5, 5.41) is 3.47. The van der Waals surface area contributed by atoms with E-state index >= 15 is 0 Å². The third-order valence-corrected chi connectivity index (χ3v) is 2.69. The molecule has 0 amide bonds. The topological polar surface area (TPSA) is 15.3 Å². The highest BCUT2D eigenvalue weighted by Gasteiger charge is 2.26. The van der Waals surface area contributed by atoms with E-state index in [1.54, 1.807) is 0 Å². The van der Waals surface area contributed by atoms with Gasteiger partial charge in [0, 0.05) is 12.6 Å². The van der Waals surface area contributed by atoms with Crippen LogP contribution in [0.3, 0.4) is 0 Å². The van der Waals surface area contributed by atoms with Crippen LogP contribution in [0.15, 0.2) is 0 Å². The summed E-state index contributed by atoms with van der Waals surface area (Å²) in [6, 6.07) is 0.911. The van der Waals surface area contributed by atoms with Gasteiger partial charge in [0.1, 0.15) is 0 Å². The van der Waals surface area contributed by atoms with Gasteiger partial charge in [0.25, 0.3) is 0 Å². The van der Waals surface area contributed by atoms with Gasteiger partial charge in [-0.1, -0.05) is 13.8 Å². The summed E-state index contributed by atoms with van der Waals surface area (Å²) >= 11 is 0. The molecule has 0 radical (unpaired) electrons. The van der Waals surface area contributed by atoms with Crippen molar-refractivity contribution in [3.05, 3.63) is 0 Å². The molecular weight excluding hydrogens is 160 g/mol. The Morgan fingerprint density at radius 1 is 1.46 bits per heavy atom.